The first kappa shape index (κ1) is 26.0. The van der Waals surface area contributed by atoms with Crippen LogP contribution in [0.4, 0.5) is 24.5 Å². The molecule has 8 heteroatoms. The number of nitrogens with one attached hydrogen (secondary N) is 1. The fourth-order valence-electron chi connectivity index (χ4n) is 4.52. The SMILES string of the molecule is CCOC(=O)Cc1ccc(Nc2ccc(-c3c4cccc(C(F)(F)F)c4nn3Cc3ccccc3)cc2)cc1. The number of benzene rings is 4. The van der Waals surface area contributed by atoms with Crippen LogP contribution in [0.3, 0.4) is 0 Å². The lowest BCUT2D eigenvalue weighted by atomic mass is 10.0. The van der Waals surface area contributed by atoms with E-state index in [0.717, 1.165) is 34.1 Å². The minimum atomic E-state index is -4.51. The predicted octanol–water partition coefficient (Wildman–Crippen LogP) is 7.62. The fraction of sp³-hybridized carbons (Fsp3) is 0.161. The van der Waals surface area contributed by atoms with Crippen LogP contribution in [0, 0.1) is 0 Å². The van der Waals surface area contributed by atoms with Gasteiger partial charge < -0.3 is 10.1 Å². The van der Waals surface area contributed by atoms with Gasteiger partial charge in [-0.25, -0.2) is 0 Å². The molecule has 1 heterocycles. The van der Waals surface area contributed by atoms with Crippen molar-refractivity contribution in [2.75, 3.05) is 11.9 Å². The lowest BCUT2D eigenvalue weighted by molar-refractivity contribution is -0.142. The molecule has 0 saturated heterocycles. The average Bonchev–Trinajstić information content (AvgIpc) is 3.28. The molecule has 4 aromatic carbocycles. The Morgan fingerprint density at radius 1 is 0.846 bits per heavy atom. The van der Waals surface area contributed by atoms with Gasteiger partial charge in [0.25, 0.3) is 0 Å². The topological polar surface area (TPSA) is 56.1 Å². The second-order valence-corrected chi connectivity index (χ2v) is 9.07. The summed E-state index contributed by atoms with van der Waals surface area (Å²) in [5.41, 5.74) is 3.99. The van der Waals surface area contributed by atoms with E-state index in [0.29, 0.717) is 24.2 Å². The van der Waals surface area contributed by atoms with Crippen molar-refractivity contribution >= 4 is 28.2 Å². The Hall–Kier alpha value is -4.59. The predicted molar refractivity (Wildman–Crippen MR) is 146 cm³/mol. The number of fused-ring (bicyclic) bond motifs is 1. The third kappa shape index (κ3) is 5.95. The maximum absolute atomic E-state index is 13.8. The van der Waals surface area contributed by atoms with E-state index >= 15 is 0 Å². The van der Waals surface area contributed by atoms with Gasteiger partial charge in [-0.2, -0.15) is 18.3 Å². The molecular weight excluding hydrogens is 503 g/mol. The van der Waals surface area contributed by atoms with Crippen molar-refractivity contribution in [1.82, 2.24) is 9.78 Å². The van der Waals surface area contributed by atoms with Crippen LogP contribution in [0.2, 0.25) is 0 Å². The molecule has 5 nitrogen and oxygen atoms in total. The Kier molecular flexibility index (Phi) is 7.36. The number of carbonyl (C=O) groups excluding carboxylic acids is 1. The molecule has 0 fully saturated rings. The molecule has 0 amide bonds. The molecule has 0 radical (unpaired) electrons. The zero-order valence-corrected chi connectivity index (χ0v) is 21.2. The van der Waals surface area contributed by atoms with E-state index in [-0.39, 0.29) is 17.9 Å². The minimum absolute atomic E-state index is 0.0685. The van der Waals surface area contributed by atoms with Gasteiger partial charge in [0.15, 0.2) is 0 Å². The number of ether oxygens (including phenoxy) is 1. The summed E-state index contributed by atoms with van der Waals surface area (Å²) in [7, 11) is 0. The zero-order valence-electron chi connectivity index (χ0n) is 21.2. The van der Waals surface area contributed by atoms with Gasteiger partial charge in [-0.15, -0.1) is 0 Å². The molecule has 0 spiro atoms. The molecule has 1 aromatic heterocycles. The van der Waals surface area contributed by atoms with Gasteiger partial charge in [0.05, 0.1) is 30.8 Å². The second kappa shape index (κ2) is 11.0. The van der Waals surface area contributed by atoms with Crippen molar-refractivity contribution in [3.05, 3.63) is 114 Å². The highest BCUT2D eigenvalue weighted by molar-refractivity contribution is 5.95. The molecule has 0 atom stereocenters. The highest BCUT2D eigenvalue weighted by Gasteiger charge is 2.34. The quantitative estimate of drug-likeness (QED) is 0.210. The Labute approximate surface area is 223 Å². The number of halogens is 3. The Bertz CT molecular complexity index is 1580. The summed E-state index contributed by atoms with van der Waals surface area (Å²) < 4.78 is 48.0. The number of nitrogens with zero attached hydrogens (tertiary/aromatic N) is 2. The lowest BCUT2D eigenvalue weighted by Gasteiger charge is -2.11. The van der Waals surface area contributed by atoms with Crippen molar-refractivity contribution in [2.24, 2.45) is 0 Å². The highest BCUT2D eigenvalue weighted by atomic mass is 19.4. The monoisotopic (exact) mass is 529 g/mol. The van der Waals surface area contributed by atoms with Gasteiger partial charge in [-0.3, -0.25) is 9.48 Å². The number of hydrogen-bond acceptors (Lipinski definition) is 4. The average molecular weight is 530 g/mol. The van der Waals surface area contributed by atoms with Crippen LogP contribution in [0.5, 0.6) is 0 Å². The maximum Gasteiger partial charge on any atom is 0.418 e. The van der Waals surface area contributed by atoms with Gasteiger partial charge in [-0.1, -0.05) is 66.7 Å². The molecule has 0 aliphatic carbocycles. The summed E-state index contributed by atoms with van der Waals surface area (Å²) in [6.07, 6.45) is -4.30. The standard InChI is InChI=1S/C31H26F3N3O2/c1-2-39-28(38)19-21-11-15-24(16-12-21)35-25-17-13-23(14-18-25)30-26-9-6-10-27(31(32,33)34)29(26)36-37(30)20-22-7-4-3-5-8-22/h3-18,35H,2,19-20H2,1H3. The van der Waals surface area contributed by atoms with Crippen molar-refractivity contribution < 1.29 is 22.7 Å². The van der Waals surface area contributed by atoms with E-state index in [1.807, 2.05) is 78.9 Å². The number of alkyl halides is 3. The van der Waals surface area contributed by atoms with Crippen LogP contribution in [0.1, 0.15) is 23.6 Å². The first-order chi connectivity index (χ1) is 18.8. The van der Waals surface area contributed by atoms with Gasteiger partial charge in [0.1, 0.15) is 5.52 Å². The normalized spacial score (nSPS) is 11.5. The lowest BCUT2D eigenvalue weighted by Crippen LogP contribution is -2.07. The van der Waals surface area contributed by atoms with E-state index in [1.165, 1.54) is 6.07 Å². The second-order valence-electron chi connectivity index (χ2n) is 9.07. The van der Waals surface area contributed by atoms with Gasteiger partial charge in [-0.05, 0) is 48.4 Å². The molecular formula is C31H26F3N3O2. The van der Waals surface area contributed by atoms with E-state index in [2.05, 4.69) is 10.4 Å². The molecule has 198 valence electrons. The van der Waals surface area contributed by atoms with E-state index in [4.69, 9.17) is 4.74 Å². The van der Waals surface area contributed by atoms with Crippen LogP contribution in [-0.4, -0.2) is 22.4 Å². The van der Waals surface area contributed by atoms with Crippen molar-refractivity contribution in [3.8, 4) is 11.3 Å². The number of aromatic nitrogens is 2. The summed E-state index contributed by atoms with van der Waals surface area (Å²) in [4.78, 5) is 11.7. The Morgan fingerprint density at radius 3 is 2.15 bits per heavy atom. The smallest absolute Gasteiger partial charge is 0.418 e. The van der Waals surface area contributed by atoms with Crippen LogP contribution in [0.15, 0.2) is 97.1 Å². The van der Waals surface area contributed by atoms with Crippen LogP contribution in [-0.2, 0) is 28.7 Å². The molecule has 0 aliphatic heterocycles. The van der Waals surface area contributed by atoms with Crippen LogP contribution >= 0.6 is 0 Å². The third-order valence-corrected chi connectivity index (χ3v) is 6.31. The van der Waals surface area contributed by atoms with E-state index < -0.39 is 11.7 Å². The molecule has 1 N–H and O–H groups in total. The molecule has 0 saturated carbocycles. The van der Waals surface area contributed by atoms with E-state index in [9.17, 15) is 18.0 Å². The molecule has 39 heavy (non-hydrogen) atoms. The Morgan fingerprint density at radius 2 is 1.51 bits per heavy atom. The number of hydrogen-bond donors (Lipinski definition) is 1. The summed E-state index contributed by atoms with van der Waals surface area (Å²) in [6, 6.07) is 28.7. The van der Waals surface area contributed by atoms with Crippen molar-refractivity contribution in [1.29, 1.82) is 0 Å². The number of esters is 1. The fourth-order valence-corrected chi connectivity index (χ4v) is 4.52. The third-order valence-electron chi connectivity index (χ3n) is 6.31. The van der Waals surface area contributed by atoms with Crippen LogP contribution < -0.4 is 5.32 Å². The molecule has 0 aliphatic rings. The molecule has 5 aromatic rings. The summed E-state index contributed by atoms with van der Waals surface area (Å²) in [5, 5.41) is 8.19. The van der Waals surface area contributed by atoms with Crippen LogP contribution in [0.25, 0.3) is 22.2 Å². The first-order valence-electron chi connectivity index (χ1n) is 12.5. The van der Waals surface area contributed by atoms with E-state index in [1.54, 1.807) is 17.7 Å². The van der Waals surface area contributed by atoms with Gasteiger partial charge >= 0.3 is 12.1 Å². The number of anilines is 2. The Balaban J connectivity index is 1.44. The summed E-state index contributed by atoms with van der Waals surface area (Å²) in [6.45, 7) is 2.45. The number of rotatable bonds is 8. The largest absolute Gasteiger partial charge is 0.466 e. The van der Waals surface area contributed by atoms with Gasteiger partial charge in [0.2, 0.25) is 0 Å². The molecule has 5 rings (SSSR count). The highest BCUT2D eigenvalue weighted by Crippen LogP contribution is 2.38. The molecule has 0 bridgehead atoms. The van der Waals surface area contributed by atoms with Crippen molar-refractivity contribution in [3.63, 3.8) is 0 Å². The zero-order chi connectivity index (χ0) is 27.4. The summed E-state index contributed by atoms with van der Waals surface area (Å²) >= 11 is 0. The summed E-state index contributed by atoms with van der Waals surface area (Å²) in [5.74, 6) is -0.268. The maximum atomic E-state index is 13.8. The first-order valence-corrected chi connectivity index (χ1v) is 12.5. The number of carbonyl (C=O) groups is 1. The van der Waals surface area contributed by atoms with Gasteiger partial charge in [0, 0.05) is 22.3 Å². The van der Waals surface area contributed by atoms with Crippen molar-refractivity contribution in [2.45, 2.75) is 26.1 Å². The molecule has 0 unspecified atom stereocenters. The minimum Gasteiger partial charge on any atom is -0.466 e.